The van der Waals surface area contributed by atoms with Gasteiger partial charge in [-0.25, -0.2) is 0 Å². The summed E-state index contributed by atoms with van der Waals surface area (Å²) in [5.74, 6) is 1.95. The van der Waals surface area contributed by atoms with Crippen LogP contribution in [0.4, 0.5) is 0 Å². The molecule has 2 heterocycles. The van der Waals surface area contributed by atoms with Crippen molar-refractivity contribution in [3.05, 3.63) is 29.8 Å². The Morgan fingerprint density at radius 3 is 2.48 bits per heavy atom. The summed E-state index contributed by atoms with van der Waals surface area (Å²) in [5, 5.41) is 0. The number of hydrogen-bond acceptors (Lipinski definition) is 4. The van der Waals surface area contributed by atoms with Crippen LogP contribution in [0.1, 0.15) is 31.2 Å². The molecule has 1 aromatic carbocycles. The Kier molecular flexibility index (Phi) is 7.58. The zero-order valence-corrected chi connectivity index (χ0v) is 15.8. The minimum atomic E-state index is 0.821. The topological polar surface area (TPSA) is 24.9 Å². The van der Waals surface area contributed by atoms with Crippen molar-refractivity contribution in [3.8, 4) is 5.75 Å². The number of piperidine rings is 1. The lowest BCUT2D eigenvalue weighted by molar-refractivity contribution is 0.0335. The van der Waals surface area contributed by atoms with Crippen LogP contribution in [-0.2, 0) is 4.74 Å². The normalized spacial score (nSPS) is 20.7. The van der Waals surface area contributed by atoms with Crippen LogP contribution < -0.4 is 4.74 Å². The predicted molar refractivity (Wildman–Crippen MR) is 102 cm³/mol. The van der Waals surface area contributed by atoms with Crippen molar-refractivity contribution < 1.29 is 9.47 Å². The molecule has 0 bridgehead atoms. The summed E-state index contributed by atoms with van der Waals surface area (Å²) in [7, 11) is 0. The number of morpholine rings is 1. The fourth-order valence-electron chi connectivity index (χ4n) is 3.88. The number of ether oxygens (including phenoxy) is 2. The molecule has 0 N–H and O–H groups in total. The molecule has 25 heavy (non-hydrogen) atoms. The van der Waals surface area contributed by atoms with Crippen LogP contribution in [0.15, 0.2) is 24.3 Å². The Balaban J connectivity index is 1.24. The maximum atomic E-state index is 5.91. The molecule has 140 valence electrons. The third kappa shape index (κ3) is 6.28. The van der Waals surface area contributed by atoms with E-state index in [1.165, 1.54) is 51.0 Å². The van der Waals surface area contributed by atoms with Crippen LogP contribution in [0, 0.1) is 12.8 Å². The fourth-order valence-corrected chi connectivity index (χ4v) is 3.88. The van der Waals surface area contributed by atoms with Gasteiger partial charge < -0.3 is 14.4 Å². The summed E-state index contributed by atoms with van der Waals surface area (Å²) in [5.41, 5.74) is 1.23. The molecule has 0 radical (unpaired) electrons. The molecule has 0 amide bonds. The summed E-state index contributed by atoms with van der Waals surface area (Å²) in [6, 6.07) is 8.28. The highest BCUT2D eigenvalue weighted by Gasteiger charge is 2.20. The van der Waals surface area contributed by atoms with Gasteiger partial charge in [-0.05, 0) is 69.8 Å². The van der Waals surface area contributed by atoms with Crippen molar-refractivity contribution in [2.45, 2.75) is 32.6 Å². The average Bonchev–Trinajstić information content (AvgIpc) is 2.67. The van der Waals surface area contributed by atoms with Gasteiger partial charge >= 0.3 is 0 Å². The van der Waals surface area contributed by atoms with Gasteiger partial charge in [0.1, 0.15) is 5.75 Å². The second-order valence-electron chi connectivity index (χ2n) is 7.50. The van der Waals surface area contributed by atoms with Gasteiger partial charge in [0.2, 0.25) is 0 Å². The number of para-hydroxylation sites is 1. The van der Waals surface area contributed by atoms with E-state index in [-0.39, 0.29) is 0 Å². The third-order valence-corrected chi connectivity index (χ3v) is 5.63. The van der Waals surface area contributed by atoms with E-state index in [9.17, 15) is 0 Å². The standard InChI is InChI=1S/C21H34N2O2/c1-19-5-2-3-6-21(19)25-16-4-10-22-11-7-20(8-12-22)9-13-23-14-17-24-18-15-23/h2-3,5-6,20H,4,7-18H2,1H3. The monoisotopic (exact) mass is 346 g/mol. The Bertz CT molecular complexity index is 494. The zero-order valence-electron chi connectivity index (χ0n) is 15.8. The lowest BCUT2D eigenvalue weighted by Crippen LogP contribution is -2.39. The first-order chi connectivity index (χ1) is 12.3. The van der Waals surface area contributed by atoms with Crippen molar-refractivity contribution in [3.63, 3.8) is 0 Å². The van der Waals surface area contributed by atoms with Gasteiger partial charge in [-0.3, -0.25) is 4.90 Å². The number of likely N-dealkylation sites (tertiary alicyclic amines) is 1. The van der Waals surface area contributed by atoms with E-state index in [1.54, 1.807) is 0 Å². The molecule has 3 rings (SSSR count). The smallest absolute Gasteiger partial charge is 0.122 e. The van der Waals surface area contributed by atoms with Crippen LogP contribution in [0.2, 0.25) is 0 Å². The van der Waals surface area contributed by atoms with Crippen LogP contribution in [-0.4, -0.2) is 68.9 Å². The summed E-state index contributed by atoms with van der Waals surface area (Å²) in [4.78, 5) is 5.19. The molecule has 0 atom stereocenters. The average molecular weight is 347 g/mol. The SMILES string of the molecule is Cc1ccccc1OCCCN1CCC(CCN2CCOCC2)CC1. The Labute approximate surface area is 153 Å². The van der Waals surface area contributed by atoms with Gasteiger partial charge in [0.25, 0.3) is 0 Å². The van der Waals surface area contributed by atoms with Crippen molar-refractivity contribution in [1.29, 1.82) is 0 Å². The second kappa shape index (κ2) is 10.1. The summed E-state index contributed by atoms with van der Waals surface area (Å²) < 4.78 is 11.3. The molecule has 4 heteroatoms. The first kappa shape index (κ1) is 18.7. The van der Waals surface area contributed by atoms with Crippen molar-refractivity contribution in [1.82, 2.24) is 9.80 Å². The van der Waals surface area contributed by atoms with Gasteiger partial charge in [-0.2, -0.15) is 0 Å². The van der Waals surface area contributed by atoms with Crippen LogP contribution in [0.25, 0.3) is 0 Å². The molecule has 2 fully saturated rings. The van der Waals surface area contributed by atoms with Gasteiger partial charge in [0.05, 0.1) is 19.8 Å². The Hall–Kier alpha value is -1.10. The van der Waals surface area contributed by atoms with Crippen LogP contribution in [0.5, 0.6) is 5.75 Å². The van der Waals surface area contributed by atoms with E-state index in [2.05, 4.69) is 34.9 Å². The molecule has 0 saturated carbocycles. The first-order valence-electron chi connectivity index (χ1n) is 10.0. The molecule has 4 nitrogen and oxygen atoms in total. The maximum absolute atomic E-state index is 5.91. The minimum absolute atomic E-state index is 0.821. The number of benzene rings is 1. The second-order valence-corrected chi connectivity index (χ2v) is 7.50. The van der Waals surface area contributed by atoms with Gasteiger partial charge in [0, 0.05) is 19.6 Å². The van der Waals surface area contributed by atoms with Crippen molar-refractivity contribution in [2.75, 3.05) is 59.1 Å². The maximum Gasteiger partial charge on any atom is 0.122 e. The molecule has 2 saturated heterocycles. The van der Waals surface area contributed by atoms with Gasteiger partial charge in [0.15, 0.2) is 0 Å². The lowest BCUT2D eigenvalue weighted by Gasteiger charge is -2.34. The van der Waals surface area contributed by atoms with E-state index >= 15 is 0 Å². The van der Waals surface area contributed by atoms with E-state index in [0.29, 0.717) is 0 Å². The van der Waals surface area contributed by atoms with Gasteiger partial charge in [-0.15, -0.1) is 0 Å². The van der Waals surface area contributed by atoms with Crippen LogP contribution >= 0.6 is 0 Å². The molecular weight excluding hydrogens is 312 g/mol. The fraction of sp³-hybridized carbons (Fsp3) is 0.714. The highest BCUT2D eigenvalue weighted by Crippen LogP contribution is 2.21. The predicted octanol–water partition coefficient (Wildman–Crippen LogP) is 3.20. The summed E-state index contributed by atoms with van der Waals surface area (Å²) in [6.45, 7) is 12.0. The van der Waals surface area contributed by atoms with E-state index < -0.39 is 0 Å². The number of hydrogen-bond donors (Lipinski definition) is 0. The Morgan fingerprint density at radius 2 is 1.72 bits per heavy atom. The molecule has 2 aliphatic rings. The molecular formula is C21H34N2O2. The van der Waals surface area contributed by atoms with E-state index in [4.69, 9.17) is 9.47 Å². The molecule has 0 aliphatic carbocycles. The molecule has 1 aromatic rings. The molecule has 0 unspecified atom stereocenters. The Morgan fingerprint density at radius 1 is 1.00 bits per heavy atom. The molecule has 0 aromatic heterocycles. The zero-order chi connectivity index (χ0) is 17.3. The summed E-state index contributed by atoms with van der Waals surface area (Å²) in [6.07, 6.45) is 5.21. The van der Waals surface area contributed by atoms with E-state index in [1.807, 2.05) is 6.07 Å². The van der Waals surface area contributed by atoms with Crippen molar-refractivity contribution in [2.24, 2.45) is 5.92 Å². The number of aryl methyl sites for hydroxylation is 1. The van der Waals surface area contributed by atoms with Gasteiger partial charge in [-0.1, -0.05) is 18.2 Å². The van der Waals surface area contributed by atoms with Crippen molar-refractivity contribution >= 4 is 0 Å². The third-order valence-electron chi connectivity index (χ3n) is 5.63. The van der Waals surface area contributed by atoms with E-state index in [0.717, 1.165) is 51.0 Å². The highest BCUT2D eigenvalue weighted by molar-refractivity contribution is 5.31. The molecule has 2 aliphatic heterocycles. The lowest BCUT2D eigenvalue weighted by atomic mass is 9.93. The van der Waals surface area contributed by atoms with Crippen LogP contribution in [0.3, 0.4) is 0 Å². The largest absolute Gasteiger partial charge is 0.493 e. The summed E-state index contributed by atoms with van der Waals surface area (Å²) >= 11 is 0. The number of nitrogens with zero attached hydrogens (tertiary/aromatic N) is 2. The quantitative estimate of drug-likeness (QED) is 0.675. The highest BCUT2D eigenvalue weighted by atomic mass is 16.5. The first-order valence-corrected chi connectivity index (χ1v) is 10.0. The minimum Gasteiger partial charge on any atom is -0.493 e. The number of rotatable bonds is 8. The molecule has 0 spiro atoms.